The Kier molecular flexibility index (Phi) is 4.34. The first-order chi connectivity index (χ1) is 9.47. The summed E-state index contributed by atoms with van der Waals surface area (Å²) < 4.78 is 0. The molecular weight excluding hydrogens is 272 g/mol. The highest BCUT2D eigenvalue weighted by molar-refractivity contribution is 7.13. The second-order valence-electron chi connectivity index (χ2n) is 5.55. The number of hydrogen-bond donors (Lipinski definition) is 2. The fourth-order valence-corrected chi connectivity index (χ4v) is 2.38. The first-order valence-corrected chi connectivity index (χ1v) is 7.23. The molecule has 0 spiro atoms. The Labute approximate surface area is 122 Å². The maximum atomic E-state index is 12.1. The van der Waals surface area contributed by atoms with E-state index in [2.05, 4.69) is 41.6 Å². The predicted molar refractivity (Wildman–Crippen MR) is 80.7 cm³/mol. The number of nitrogens with one attached hydrogen (secondary N) is 2. The standard InChI is InChI=1S/C14H18N4OS/c1-14(2,3)11(10-7-5-4-6-8-10)16-12(19)17-13-18-15-9-20-13/h4-9,11H,1-3H3,(H2,16,17,18,19). The van der Waals surface area contributed by atoms with E-state index in [-0.39, 0.29) is 17.5 Å². The number of hydrogen-bond acceptors (Lipinski definition) is 4. The zero-order valence-corrected chi connectivity index (χ0v) is 12.6. The van der Waals surface area contributed by atoms with Gasteiger partial charge in [0.15, 0.2) is 0 Å². The van der Waals surface area contributed by atoms with Crippen LogP contribution in [0.25, 0.3) is 0 Å². The molecule has 0 bridgehead atoms. The van der Waals surface area contributed by atoms with Crippen molar-refractivity contribution in [2.24, 2.45) is 5.41 Å². The van der Waals surface area contributed by atoms with Crippen molar-refractivity contribution in [2.75, 3.05) is 5.32 Å². The smallest absolute Gasteiger partial charge is 0.321 e. The van der Waals surface area contributed by atoms with Gasteiger partial charge in [0.05, 0.1) is 6.04 Å². The fraction of sp³-hybridized carbons (Fsp3) is 0.357. The van der Waals surface area contributed by atoms with E-state index in [0.717, 1.165) is 5.56 Å². The molecule has 1 aromatic carbocycles. The van der Waals surface area contributed by atoms with Crippen LogP contribution in [0.15, 0.2) is 35.8 Å². The minimum atomic E-state index is -0.273. The Morgan fingerprint density at radius 3 is 2.50 bits per heavy atom. The van der Waals surface area contributed by atoms with Gasteiger partial charge in [-0.25, -0.2) is 4.79 Å². The average Bonchev–Trinajstić information content (AvgIpc) is 2.88. The third-order valence-electron chi connectivity index (χ3n) is 2.85. The summed E-state index contributed by atoms with van der Waals surface area (Å²) in [6, 6.07) is 9.58. The topological polar surface area (TPSA) is 66.9 Å². The van der Waals surface area contributed by atoms with Gasteiger partial charge in [0.25, 0.3) is 0 Å². The molecule has 106 valence electrons. The van der Waals surface area contributed by atoms with Crippen LogP contribution in [0.3, 0.4) is 0 Å². The number of urea groups is 1. The van der Waals surface area contributed by atoms with Crippen molar-refractivity contribution in [3.63, 3.8) is 0 Å². The maximum Gasteiger partial charge on any atom is 0.321 e. The van der Waals surface area contributed by atoms with Gasteiger partial charge in [-0.15, -0.1) is 10.2 Å². The van der Waals surface area contributed by atoms with Gasteiger partial charge < -0.3 is 5.32 Å². The molecule has 1 heterocycles. The van der Waals surface area contributed by atoms with Gasteiger partial charge in [0.1, 0.15) is 5.51 Å². The van der Waals surface area contributed by atoms with E-state index in [4.69, 9.17) is 0 Å². The molecule has 2 amide bonds. The van der Waals surface area contributed by atoms with Crippen LogP contribution in [0.2, 0.25) is 0 Å². The zero-order chi connectivity index (χ0) is 14.6. The Balaban J connectivity index is 2.11. The first kappa shape index (κ1) is 14.5. The van der Waals surface area contributed by atoms with E-state index in [0.29, 0.717) is 5.13 Å². The van der Waals surface area contributed by atoms with Crippen molar-refractivity contribution in [1.29, 1.82) is 0 Å². The molecule has 20 heavy (non-hydrogen) atoms. The van der Waals surface area contributed by atoms with E-state index in [1.165, 1.54) is 11.3 Å². The number of aromatic nitrogens is 2. The SMILES string of the molecule is CC(C)(C)C(NC(=O)Nc1nncs1)c1ccccc1. The van der Waals surface area contributed by atoms with E-state index >= 15 is 0 Å². The van der Waals surface area contributed by atoms with E-state index in [1.807, 2.05) is 30.3 Å². The molecule has 2 rings (SSSR count). The lowest BCUT2D eigenvalue weighted by atomic mass is 9.82. The summed E-state index contributed by atoms with van der Waals surface area (Å²) in [5.74, 6) is 0. The number of benzene rings is 1. The average molecular weight is 290 g/mol. The Bertz CT molecular complexity index is 548. The Morgan fingerprint density at radius 2 is 1.95 bits per heavy atom. The molecule has 0 aliphatic rings. The fourth-order valence-electron chi connectivity index (χ4n) is 1.94. The summed E-state index contributed by atoms with van der Waals surface area (Å²) in [4.78, 5) is 12.1. The van der Waals surface area contributed by atoms with Crippen LogP contribution in [-0.4, -0.2) is 16.2 Å². The molecule has 0 saturated heterocycles. The molecule has 0 aliphatic carbocycles. The number of carbonyl (C=O) groups excluding carboxylic acids is 1. The molecule has 1 atom stereocenters. The van der Waals surface area contributed by atoms with Gasteiger partial charge in [-0.2, -0.15) is 0 Å². The minimum Gasteiger partial charge on any atom is -0.330 e. The molecule has 0 aliphatic heterocycles. The van der Waals surface area contributed by atoms with Crippen LogP contribution >= 0.6 is 11.3 Å². The zero-order valence-electron chi connectivity index (χ0n) is 11.8. The van der Waals surface area contributed by atoms with Crippen molar-refractivity contribution in [3.05, 3.63) is 41.4 Å². The summed E-state index contributed by atoms with van der Waals surface area (Å²) in [7, 11) is 0. The molecule has 0 fully saturated rings. The van der Waals surface area contributed by atoms with Gasteiger partial charge >= 0.3 is 6.03 Å². The van der Waals surface area contributed by atoms with Crippen molar-refractivity contribution in [3.8, 4) is 0 Å². The molecule has 2 aromatic rings. The third-order valence-corrected chi connectivity index (χ3v) is 3.46. The molecular formula is C14H18N4OS. The summed E-state index contributed by atoms with van der Waals surface area (Å²) in [6.45, 7) is 6.28. The molecule has 0 saturated carbocycles. The van der Waals surface area contributed by atoms with Crippen LogP contribution in [0.4, 0.5) is 9.93 Å². The molecule has 0 radical (unpaired) electrons. The largest absolute Gasteiger partial charge is 0.330 e. The third kappa shape index (κ3) is 3.77. The summed E-state index contributed by atoms with van der Waals surface area (Å²) in [6.07, 6.45) is 0. The van der Waals surface area contributed by atoms with Gasteiger partial charge in [-0.05, 0) is 11.0 Å². The van der Waals surface area contributed by atoms with Crippen LogP contribution in [0.5, 0.6) is 0 Å². The van der Waals surface area contributed by atoms with Crippen LogP contribution in [0.1, 0.15) is 32.4 Å². The summed E-state index contributed by atoms with van der Waals surface area (Å²) in [5, 5.41) is 13.7. The van der Waals surface area contributed by atoms with Crippen LogP contribution in [-0.2, 0) is 0 Å². The van der Waals surface area contributed by atoms with E-state index < -0.39 is 0 Å². The van der Waals surface area contributed by atoms with Gasteiger partial charge in [0.2, 0.25) is 5.13 Å². The van der Waals surface area contributed by atoms with Crippen LogP contribution in [0, 0.1) is 5.41 Å². The number of nitrogens with zero attached hydrogens (tertiary/aromatic N) is 2. The monoisotopic (exact) mass is 290 g/mol. The lowest BCUT2D eigenvalue weighted by molar-refractivity contribution is 0.229. The highest BCUT2D eigenvalue weighted by Gasteiger charge is 2.27. The highest BCUT2D eigenvalue weighted by atomic mass is 32.1. The van der Waals surface area contributed by atoms with Gasteiger partial charge in [-0.1, -0.05) is 62.4 Å². The molecule has 1 aromatic heterocycles. The quantitative estimate of drug-likeness (QED) is 0.910. The maximum absolute atomic E-state index is 12.1. The summed E-state index contributed by atoms with van der Waals surface area (Å²) in [5.41, 5.74) is 2.56. The normalized spacial score (nSPS) is 12.8. The molecule has 6 heteroatoms. The lowest BCUT2D eigenvalue weighted by Gasteiger charge is -2.31. The highest BCUT2D eigenvalue weighted by Crippen LogP contribution is 2.32. The van der Waals surface area contributed by atoms with Crippen molar-refractivity contribution in [2.45, 2.75) is 26.8 Å². The second kappa shape index (κ2) is 6.00. The number of amides is 2. The number of carbonyl (C=O) groups is 1. The second-order valence-corrected chi connectivity index (χ2v) is 6.39. The van der Waals surface area contributed by atoms with Crippen molar-refractivity contribution >= 4 is 22.5 Å². The first-order valence-electron chi connectivity index (χ1n) is 6.35. The number of anilines is 1. The summed E-state index contributed by atoms with van der Waals surface area (Å²) >= 11 is 1.29. The minimum absolute atomic E-state index is 0.0865. The molecule has 5 nitrogen and oxygen atoms in total. The van der Waals surface area contributed by atoms with E-state index in [9.17, 15) is 4.79 Å². The molecule has 1 unspecified atom stereocenters. The van der Waals surface area contributed by atoms with Crippen molar-refractivity contribution < 1.29 is 4.79 Å². The van der Waals surface area contributed by atoms with Gasteiger partial charge in [-0.3, -0.25) is 5.32 Å². The molecule has 2 N–H and O–H groups in total. The van der Waals surface area contributed by atoms with Crippen LogP contribution < -0.4 is 10.6 Å². The van der Waals surface area contributed by atoms with E-state index in [1.54, 1.807) is 5.51 Å². The van der Waals surface area contributed by atoms with Crippen molar-refractivity contribution in [1.82, 2.24) is 15.5 Å². The number of rotatable bonds is 3. The lowest BCUT2D eigenvalue weighted by Crippen LogP contribution is -2.39. The Morgan fingerprint density at radius 1 is 1.25 bits per heavy atom. The van der Waals surface area contributed by atoms with Gasteiger partial charge in [0, 0.05) is 0 Å². The predicted octanol–water partition coefficient (Wildman–Crippen LogP) is 3.45. The Hall–Kier alpha value is -1.95.